The molecule has 3 rings (SSSR count). The highest BCUT2D eigenvalue weighted by molar-refractivity contribution is 6.76. The summed E-state index contributed by atoms with van der Waals surface area (Å²) < 4.78 is 16.7. The van der Waals surface area contributed by atoms with Crippen molar-refractivity contribution in [2.45, 2.75) is 83.0 Å². The standard InChI is InChI=1S/C32H45NO5Si/c1-36-31(34)15-11-6-5-10-14-28-29(33-32(35)37-22-23-39(2,3)4)20-21-30(28)38-24-25-16-18-27(19-17-25)26-12-8-7-9-13-26/h5,7-10,12-13,16-19,28-30H,6,11,14-15,20-24H2,1-4H3,(H,33,35)/b10-5-/t28-,29+,30+/m1/s1. The number of methoxy groups -OCH3 is 1. The lowest BCUT2D eigenvalue weighted by atomic mass is 9.96. The van der Waals surface area contributed by atoms with Crippen LogP contribution in [0, 0.1) is 5.92 Å². The minimum Gasteiger partial charge on any atom is -0.469 e. The Hall–Kier alpha value is -2.90. The van der Waals surface area contributed by atoms with Gasteiger partial charge in [0.05, 0.1) is 26.4 Å². The molecule has 2 aromatic rings. The van der Waals surface area contributed by atoms with Crippen LogP contribution in [0.3, 0.4) is 0 Å². The van der Waals surface area contributed by atoms with Gasteiger partial charge in [0.2, 0.25) is 0 Å². The lowest BCUT2D eigenvalue weighted by Gasteiger charge is -2.25. The quantitative estimate of drug-likeness (QED) is 0.115. The molecular formula is C32H45NO5Si. The van der Waals surface area contributed by atoms with E-state index < -0.39 is 8.07 Å². The first-order valence-corrected chi connectivity index (χ1v) is 17.9. The van der Waals surface area contributed by atoms with Crippen LogP contribution in [0.4, 0.5) is 4.79 Å². The third-order valence-corrected chi connectivity index (χ3v) is 8.93. The van der Waals surface area contributed by atoms with E-state index in [4.69, 9.17) is 14.2 Å². The van der Waals surface area contributed by atoms with Gasteiger partial charge >= 0.3 is 12.1 Å². The normalized spacial score (nSPS) is 19.2. The first-order chi connectivity index (χ1) is 18.7. The van der Waals surface area contributed by atoms with Crippen molar-refractivity contribution in [2.75, 3.05) is 13.7 Å². The lowest BCUT2D eigenvalue weighted by molar-refractivity contribution is -0.140. The van der Waals surface area contributed by atoms with E-state index in [-0.39, 0.29) is 30.1 Å². The molecule has 3 atom stereocenters. The van der Waals surface area contributed by atoms with Gasteiger partial charge in [-0.3, -0.25) is 4.79 Å². The van der Waals surface area contributed by atoms with E-state index in [2.05, 4.69) is 73.5 Å². The topological polar surface area (TPSA) is 73.9 Å². The molecule has 212 valence electrons. The Labute approximate surface area is 235 Å². The molecule has 1 aliphatic carbocycles. The molecule has 0 aromatic heterocycles. The highest BCUT2D eigenvalue weighted by atomic mass is 28.3. The Bertz CT molecular complexity index is 1050. The SMILES string of the molecule is COC(=O)CCC/C=C\C[C@@H]1[C@@H](NC(=O)OCC[Si](C)(C)C)CC[C@@H]1OCc1ccc(-c2ccccc2)cc1. The molecule has 0 bridgehead atoms. The van der Waals surface area contributed by atoms with E-state index in [0.717, 1.165) is 43.7 Å². The monoisotopic (exact) mass is 551 g/mol. The van der Waals surface area contributed by atoms with Gasteiger partial charge in [0.15, 0.2) is 0 Å². The van der Waals surface area contributed by atoms with Gasteiger partial charge in [-0.05, 0) is 54.8 Å². The molecule has 1 aliphatic rings. The number of rotatable bonds is 14. The number of amides is 1. The molecule has 0 heterocycles. The summed E-state index contributed by atoms with van der Waals surface area (Å²) in [7, 11) is 0.156. The van der Waals surface area contributed by atoms with Gasteiger partial charge in [-0.1, -0.05) is 86.4 Å². The molecule has 0 radical (unpaired) electrons. The number of benzene rings is 2. The minimum atomic E-state index is -1.26. The van der Waals surface area contributed by atoms with Crippen LogP contribution < -0.4 is 5.32 Å². The number of allylic oxidation sites excluding steroid dienone is 2. The predicted octanol–water partition coefficient (Wildman–Crippen LogP) is 7.37. The zero-order chi connectivity index (χ0) is 28.1. The maximum absolute atomic E-state index is 12.6. The molecule has 1 fully saturated rings. The number of esters is 1. The number of carbonyl (C=O) groups is 2. The molecule has 0 saturated heterocycles. The fraction of sp³-hybridized carbons (Fsp3) is 0.500. The summed E-state index contributed by atoms with van der Waals surface area (Å²) in [4.78, 5) is 23.9. The second-order valence-corrected chi connectivity index (χ2v) is 17.1. The van der Waals surface area contributed by atoms with Gasteiger partial charge in [-0.2, -0.15) is 0 Å². The third-order valence-electron chi connectivity index (χ3n) is 7.22. The zero-order valence-electron chi connectivity index (χ0n) is 24.0. The van der Waals surface area contributed by atoms with E-state index >= 15 is 0 Å². The van der Waals surface area contributed by atoms with Gasteiger partial charge in [0.25, 0.3) is 0 Å². The van der Waals surface area contributed by atoms with Gasteiger partial charge in [0, 0.05) is 26.5 Å². The maximum Gasteiger partial charge on any atom is 0.407 e. The Morgan fingerprint density at radius 1 is 0.974 bits per heavy atom. The van der Waals surface area contributed by atoms with Crippen LogP contribution in [0.5, 0.6) is 0 Å². The highest BCUT2D eigenvalue weighted by Crippen LogP contribution is 2.33. The van der Waals surface area contributed by atoms with Gasteiger partial charge in [-0.25, -0.2) is 4.79 Å². The van der Waals surface area contributed by atoms with E-state index in [1.807, 2.05) is 18.2 Å². The number of hydrogen-bond acceptors (Lipinski definition) is 5. The molecule has 1 N–H and O–H groups in total. The summed E-state index contributed by atoms with van der Waals surface area (Å²) in [6.45, 7) is 7.83. The average Bonchev–Trinajstić information content (AvgIpc) is 3.30. The third kappa shape index (κ3) is 11.0. The first-order valence-electron chi connectivity index (χ1n) is 14.2. The van der Waals surface area contributed by atoms with Gasteiger partial charge in [0.1, 0.15) is 0 Å². The zero-order valence-corrected chi connectivity index (χ0v) is 25.0. The van der Waals surface area contributed by atoms with Crippen molar-refractivity contribution in [1.82, 2.24) is 5.32 Å². The summed E-state index contributed by atoms with van der Waals surface area (Å²) in [6.07, 6.45) is 8.55. The smallest absolute Gasteiger partial charge is 0.407 e. The molecule has 1 amide bonds. The van der Waals surface area contributed by atoms with E-state index in [0.29, 0.717) is 19.6 Å². The van der Waals surface area contributed by atoms with Crippen molar-refractivity contribution < 1.29 is 23.8 Å². The van der Waals surface area contributed by atoms with E-state index in [9.17, 15) is 9.59 Å². The molecule has 2 aromatic carbocycles. The molecule has 7 heteroatoms. The predicted molar refractivity (Wildman–Crippen MR) is 159 cm³/mol. The largest absolute Gasteiger partial charge is 0.469 e. The highest BCUT2D eigenvalue weighted by Gasteiger charge is 2.37. The number of alkyl carbamates (subject to hydrolysis) is 1. The van der Waals surface area contributed by atoms with Gasteiger partial charge < -0.3 is 19.5 Å². The number of ether oxygens (including phenoxy) is 3. The van der Waals surface area contributed by atoms with Crippen LogP contribution in [0.25, 0.3) is 11.1 Å². The van der Waals surface area contributed by atoms with Crippen molar-refractivity contribution in [1.29, 1.82) is 0 Å². The summed E-state index contributed by atoms with van der Waals surface area (Å²) in [5, 5.41) is 3.12. The molecule has 1 saturated carbocycles. The van der Waals surface area contributed by atoms with Crippen LogP contribution in [-0.4, -0.2) is 46.0 Å². The summed E-state index contributed by atoms with van der Waals surface area (Å²) in [5.74, 6) is -0.0173. The molecular weight excluding hydrogens is 506 g/mol. The number of nitrogens with one attached hydrogen (secondary N) is 1. The second-order valence-electron chi connectivity index (χ2n) is 11.5. The molecule has 6 nitrogen and oxygen atoms in total. The fourth-order valence-electron chi connectivity index (χ4n) is 4.84. The van der Waals surface area contributed by atoms with Crippen molar-refractivity contribution in [3.05, 3.63) is 72.3 Å². The summed E-state index contributed by atoms with van der Waals surface area (Å²) >= 11 is 0. The molecule has 0 unspecified atom stereocenters. The van der Waals surface area contributed by atoms with E-state index in [1.165, 1.54) is 18.2 Å². The minimum absolute atomic E-state index is 0.00885. The van der Waals surface area contributed by atoms with Crippen LogP contribution in [-0.2, 0) is 25.6 Å². The fourth-order valence-corrected chi connectivity index (χ4v) is 5.56. The summed E-state index contributed by atoms with van der Waals surface area (Å²) in [6, 6.07) is 19.8. The second kappa shape index (κ2) is 15.6. The van der Waals surface area contributed by atoms with Gasteiger partial charge in [-0.15, -0.1) is 0 Å². The Kier molecular flexibility index (Phi) is 12.3. The average molecular weight is 552 g/mol. The van der Waals surface area contributed by atoms with Crippen LogP contribution in [0.2, 0.25) is 25.7 Å². The number of unbranched alkanes of at least 4 members (excludes halogenated alkanes) is 1. The Morgan fingerprint density at radius 3 is 2.38 bits per heavy atom. The maximum atomic E-state index is 12.6. The Balaban J connectivity index is 1.56. The number of hydrogen-bond donors (Lipinski definition) is 1. The molecule has 0 spiro atoms. The first kappa shape index (κ1) is 30.6. The number of carbonyl (C=O) groups excluding carboxylic acids is 2. The van der Waals surface area contributed by atoms with E-state index in [1.54, 1.807) is 0 Å². The summed E-state index contributed by atoms with van der Waals surface area (Å²) in [5.41, 5.74) is 3.52. The van der Waals surface area contributed by atoms with Crippen LogP contribution >= 0.6 is 0 Å². The van der Waals surface area contributed by atoms with Crippen molar-refractivity contribution in [2.24, 2.45) is 5.92 Å². The molecule has 39 heavy (non-hydrogen) atoms. The van der Waals surface area contributed by atoms with Crippen molar-refractivity contribution >= 4 is 20.1 Å². The van der Waals surface area contributed by atoms with Crippen LogP contribution in [0.15, 0.2) is 66.7 Å². The lowest BCUT2D eigenvalue weighted by Crippen LogP contribution is -2.40. The van der Waals surface area contributed by atoms with Crippen molar-refractivity contribution in [3.8, 4) is 11.1 Å². The Morgan fingerprint density at radius 2 is 1.69 bits per heavy atom. The van der Waals surface area contributed by atoms with Crippen LogP contribution in [0.1, 0.15) is 44.1 Å². The molecule has 0 aliphatic heterocycles. The van der Waals surface area contributed by atoms with Crippen molar-refractivity contribution in [3.63, 3.8) is 0 Å².